The summed E-state index contributed by atoms with van der Waals surface area (Å²) in [6.07, 6.45) is 0. The number of hydrogen-bond donors (Lipinski definition) is 2. The molecule has 2 N–H and O–H groups in total. The number of fused-ring (bicyclic) bond motifs is 1. The average Bonchev–Trinajstić information content (AvgIpc) is 2.72. The Morgan fingerprint density at radius 2 is 1.81 bits per heavy atom. The topological polar surface area (TPSA) is 86.4 Å². The van der Waals surface area contributed by atoms with E-state index in [1.165, 1.54) is 6.07 Å². The largest absolute Gasteiger partial charge is 0.508 e. The van der Waals surface area contributed by atoms with E-state index in [9.17, 15) is 23.8 Å². The van der Waals surface area contributed by atoms with Gasteiger partial charge in [0.25, 0.3) is 0 Å². The van der Waals surface area contributed by atoms with E-state index in [4.69, 9.17) is 9.15 Å². The fraction of sp³-hybridized carbons (Fsp3) is 0.318. The average molecular weight is 432 g/mol. The molecule has 0 bridgehead atoms. The summed E-state index contributed by atoms with van der Waals surface area (Å²) >= 11 is 0. The molecule has 7 nitrogen and oxygen atoms in total. The number of piperazine rings is 1. The molecule has 1 aromatic heterocycles. The van der Waals surface area contributed by atoms with Crippen LogP contribution in [0, 0.1) is 11.6 Å². The molecule has 0 saturated carbocycles. The summed E-state index contributed by atoms with van der Waals surface area (Å²) in [5.41, 5.74) is -0.680. The van der Waals surface area contributed by atoms with Crippen LogP contribution >= 0.6 is 0 Å². The zero-order chi connectivity index (χ0) is 22.1. The lowest BCUT2D eigenvalue weighted by molar-refractivity contribution is 0.133. The molecule has 3 aromatic rings. The summed E-state index contributed by atoms with van der Waals surface area (Å²) in [5, 5.41) is 19.7. The second-order valence-corrected chi connectivity index (χ2v) is 7.55. The standard InChI is InChI=1S/C22H22F2N2O5/c1-25-4-6-26(7-5-25)8-9-30-22-20(29)19-17(28)11-14(27)12-18(19)31-21(22)13-2-3-15(23)16(24)10-13/h2-3,10-12,27-28H,4-9H2,1H3. The third-order valence-corrected chi connectivity index (χ3v) is 5.35. The summed E-state index contributed by atoms with van der Waals surface area (Å²) in [4.78, 5) is 17.5. The monoisotopic (exact) mass is 432 g/mol. The maximum Gasteiger partial charge on any atom is 0.239 e. The molecule has 1 aliphatic rings. The Balaban J connectivity index is 1.73. The van der Waals surface area contributed by atoms with Crippen LogP contribution in [0.5, 0.6) is 17.2 Å². The molecule has 0 radical (unpaired) electrons. The minimum Gasteiger partial charge on any atom is -0.508 e. The van der Waals surface area contributed by atoms with Crippen molar-refractivity contribution in [2.45, 2.75) is 0 Å². The van der Waals surface area contributed by atoms with Crippen LogP contribution in [0.25, 0.3) is 22.3 Å². The molecule has 0 spiro atoms. The molecule has 0 atom stereocenters. The van der Waals surface area contributed by atoms with Crippen LogP contribution in [0.1, 0.15) is 0 Å². The molecule has 9 heteroatoms. The second-order valence-electron chi connectivity index (χ2n) is 7.55. The number of phenols is 2. The third kappa shape index (κ3) is 4.33. The summed E-state index contributed by atoms with van der Waals surface area (Å²) in [5.74, 6) is -3.26. The van der Waals surface area contributed by atoms with E-state index >= 15 is 0 Å². The highest BCUT2D eigenvalue weighted by molar-refractivity contribution is 5.88. The van der Waals surface area contributed by atoms with Crippen LogP contribution < -0.4 is 10.2 Å². The van der Waals surface area contributed by atoms with Gasteiger partial charge in [0.1, 0.15) is 29.1 Å². The van der Waals surface area contributed by atoms with Gasteiger partial charge in [0.05, 0.1) is 0 Å². The Hall–Kier alpha value is -3.17. The van der Waals surface area contributed by atoms with Gasteiger partial charge in [0, 0.05) is 50.4 Å². The van der Waals surface area contributed by atoms with Crippen LogP contribution in [0.15, 0.2) is 39.5 Å². The predicted molar refractivity (Wildman–Crippen MR) is 111 cm³/mol. The minimum absolute atomic E-state index is 0.0929. The molecule has 0 unspecified atom stereocenters. The van der Waals surface area contributed by atoms with E-state index in [1.54, 1.807) is 0 Å². The highest BCUT2D eigenvalue weighted by Gasteiger charge is 2.22. The number of benzene rings is 2. The Bertz CT molecular complexity index is 1170. The minimum atomic E-state index is -1.11. The van der Waals surface area contributed by atoms with Gasteiger partial charge < -0.3 is 24.3 Å². The highest BCUT2D eigenvalue weighted by Crippen LogP contribution is 2.36. The summed E-state index contributed by atoms with van der Waals surface area (Å²) in [7, 11) is 2.05. The van der Waals surface area contributed by atoms with E-state index in [-0.39, 0.29) is 40.4 Å². The number of hydrogen-bond acceptors (Lipinski definition) is 7. The van der Waals surface area contributed by atoms with Gasteiger partial charge in [0.2, 0.25) is 11.2 Å². The van der Waals surface area contributed by atoms with Gasteiger partial charge in [-0.2, -0.15) is 0 Å². The van der Waals surface area contributed by atoms with E-state index in [2.05, 4.69) is 9.80 Å². The van der Waals surface area contributed by atoms with Crippen molar-refractivity contribution in [3.63, 3.8) is 0 Å². The fourth-order valence-corrected chi connectivity index (χ4v) is 3.58. The normalized spacial score (nSPS) is 15.5. The van der Waals surface area contributed by atoms with Crippen LogP contribution in [0.3, 0.4) is 0 Å². The van der Waals surface area contributed by atoms with E-state index in [0.717, 1.165) is 50.4 Å². The predicted octanol–water partition coefficient (Wildman–Crippen LogP) is 2.78. The van der Waals surface area contributed by atoms with Crippen molar-refractivity contribution in [1.82, 2.24) is 9.80 Å². The van der Waals surface area contributed by atoms with E-state index in [0.29, 0.717) is 6.54 Å². The maximum atomic E-state index is 13.8. The number of likely N-dealkylation sites (N-methyl/N-ethyl adjacent to an activating group) is 1. The van der Waals surface area contributed by atoms with E-state index < -0.39 is 22.8 Å². The van der Waals surface area contributed by atoms with Gasteiger partial charge >= 0.3 is 0 Å². The lowest BCUT2D eigenvalue weighted by Crippen LogP contribution is -2.45. The Labute approximate surface area is 176 Å². The van der Waals surface area contributed by atoms with Gasteiger partial charge in [0.15, 0.2) is 17.4 Å². The summed E-state index contributed by atoms with van der Waals surface area (Å²) in [6.45, 7) is 4.30. The van der Waals surface area contributed by atoms with Gasteiger partial charge in [-0.05, 0) is 25.2 Å². The van der Waals surface area contributed by atoms with Crippen LogP contribution in [0.2, 0.25) is 0 Å². The van der Waals surface area contributed by atoms with Crippen LogP contribution in [-0.2, 0) is 0 Å². The summed E-state index contributed by atoms with van der Waals surface area (Å²) < 4.78 is 38.7. The number of nitrogens with zero attached hydrogens (tertiary/aromatic N) is 2. The Kier molecular flexibility index (Phi) is 5.79. The molecule has 2 heterocycles. The fourth-order valence-electron chi connectivity index (χ4n) is 3.58. The van der Waals surface area contributed by atoms with Crippen molar-refractivity contribution < 1.29 is 28.1 Å². The SMILES string of the molecule is CN1CCN(CCOc2c(-c3ccc(F)c(F)c3)oc3cc(O)cc(O)c3c2=O)CC1. The lowest BCUT2D eigenvalue weighted by Gasteiger charge is -2.32. The maximum absolute atomic E-state index is 13.8. The Morgan fingerprint density at radius 1 is 1.06 bits per heavy atom. The van der Waals surface area contributed by atoms with Gasteiger partial charge in [-0.15, -0.1) is 0 Å². The van der Waals surface area contributed by atoms with Crippen LogP contribution in [0.4, 0.5) is 8.78 Å². The molecule has 164 valence electrons. The zero-order valence-electron chi connectivity index (χ0n) is 16.9. The van der Waals surface area contributed by atoms with Gasteiger partial charge in [-0.25, -0.2) is 8.78 Å². The van der Waals surface area contributed by atoms with Gasteiger partial charge in [-0.1, -0.05) is 0 Å². The number of aromatic hydroxyl groups is 2. The van der Waals surface area contributed by atoms with Crippen molar-refractivity contribution in [2.75, 3.05) is 46.4 Å². The Morgan fingerprint density at radius 3 is 2.52 bits per heavy atom. The first-order chi connectivity index (χ1) is 14.8. The second kappa shape index (κ2) is 8.52. The van der Waals surface area contributed by atoms with Crippen molar-refractivity contribution in [1.29, 1.82) is 0 Å². The first-order valence-electron chi connectivity index (χ1n) is 9.85. The smallest absolute Gasteiger partial charge is 0.239 e. The lowest BCUT2D eigenvalue weighted by atomic mass is 10.1. The zero-order valence-corrected chi connectivity index (χ0v) is 16.9. The summed E-state index contributed by atoms with van der Waals surface area (Å²) in [6, 6.07) is 5.26. The number of halogens is 2. The van der Waals surface area contributed by atoms with Gasteiger partial charge in [-0.3, -0.25) is 9.69 Å². The van der Waals surface area contributed by atoms with E-state index in [1.807, 2.05) is 7.05 Å². The van der Waals surface area contributed by atoms with Crippen molar-refractivity contribution in [2.24, 2.45) is 0 Å². The molecular weight excluding hydrogens is 410 g/mol. The molecular formula is C22H22F2N2O5. The number of rotatable bonds is 5. The number of ether oxygens (including phenoxy) is 1. The van der Waals surface area contributed by atoms with Crippen molar-refractivity contribution in [3.05, 3.63) is 52.2 Å². The third-order valence-electron chi connectivity index (χ3n) is 5.35. The number of phenolic OH excluding ortho intramolecular Hbond substituents is 2. The molecule has 0 aliphatic carbocycles. The molecule has 1 fully saturated rings. The first-order valence-corrected chi connectivity index (χ1v) is 9.85. The molecule has 1 saturated heterocycles. The molecule has 0 amide bonds. The van der Waals surface area contributed by atoms with Crippen LogP contribution in [-0.4, -0.2) is 66.4 Å². The first kappa shape index (κ1) is 21.1. The molecule has 1 aliphatic heterocycles. The molecule has 2 aromatic carbocycles. The van der Waals surface area contributed by atoms with Crippen molar-refractivity contribution >= 4 is 11.0 Å². The quantitative estimate of drug-likeness (QED) is 0.641. The highest BCUT2D eigenvalue weighted by atomic mass is 19.2. The molecule has 4 rings (SSSR count). The molecule has 31 heavy (non-hydrogen) atoms. The van der Waals surface area contributed by atoms with Crippen molar-refractivity contribution in [3.8, 4) is 28.6 Å².